The van der Waals surface area contributed by atoms with Crippen molar-refractivity contribution in [2.24, 2.45) is 0 Å². The minimum atomic E-state index is -0.466. The lowest BCUT2D eigenvalue weighted by Crippen LogP contribution is -2.44. The first-order valence-electron chi connectivity index (χ1n) is 6.97. The van der Waals surface area contributed by atoms with Gasteiger partial charge in [0.25, 0.3) is 0 Å². The van der Waals surface area contributed by atoms with Crippen LogP contribution in [0.5, 0.6) is 5.75 Å². The van der Waals surface area contributed by atoms with Gasteiger partial charge in [-0.05, 0) is 33.0 Å². The Morgan fingerprint density at radius 2 is 1.90 bits per heavy atom. The van der Waals surface area contributed by atoms with E-state index in [2.05, 4.69) is 10.6 Å². The Kier molecular flexibility index (Phi) is 7.25. The van der Waals surface area contributed by atoms with Crippen LogP contribution in [0.4, 0.5) is 4.79 Å². The molecule has 0 unspecified atom stereocenters. The fourth-order valence-electron chi connectivity index (χ4n) is 1.65. The Morgan fingerprint density at radius 1 is 1.24 bits per heavy atom. The molecule has 0 aliphatic heterocycles. The highest BCUT2D eigenvalue weighted by Crippen LogP contribution is 2.10. The van der Waals surface area contributed by atoms with Crippen LogP contribution in [-0.4, -0.2) is 50.1 Å². The van der Waals surface area contributed by atoms with Crippen LogP contribution >= 0.6 is 0 Å². The molecule has 0 aliphatic rings. The highest BCUT2D eigenvalue weighted by Gasteiger charge is 2.09. The number of aryl methyl sites for hydroxylation is 1. The van der Waals surface area contributed by atoms with Crippen molar-refractivity contribution in [1.29, 1.82) is 0 Å². The number of carbonyl (C=O) groups is 2. The fourth-order valence-corrected chi connectivity index (χ4v) is 1.65. The van der Waals surface area contributed by atoms with Crippen LogP contribution in [-0.2, 0) is 4.79 Å². The lowest BCUT2D eigenvalue weighted by Gasteiger charge is -2.16. The third kappa shape index (κ3) is 7.31. The summed E-state index contributed by atoms with van der Waals surface area (Å²) in [6.07, 6.45) is 0. The number of urea groups is 1. The molecule has 116 valence electrons. The SMILES string of the molecule is CCNC(=O)NC(=O)CN(C)CCOc1ccc(C)cc1. The van der Waals surface area contributed by atoms with Crippen molar-refractivity contribution in [3.63, 3.8) is 0 Å². The smallest absolute Gasteiger partial charge is 0.321 e. The standard InChI is InChI=1S/C15H23N3O3/c1-4-16-15(20)17-14(19)11-18(3)9-10-21-13-7-5-12(2)6-8-13/h5-8H,4,9-11H2,1-3H3,(H2,16,17,19,20). The predicted octanol–water partition coefficient (Wildman–Crippen LogP) is 1.15. The fraction of sp³-hybridized carbons (Fsp3) is 0.467. The Morgan fingerprint density at radius 3 is 2.52 bits per heavy atom. The molecule has 0 spiro atoms. The van der Waals surface area contributed by atoms with Gasteiger partial charge >= 0.3 is 6.03 Å². The van der Waals surface area contributed by atoms with Crippen molar-refractivity contribution in [3.05, 3.63) is 29.8 Å². The maximum Gasteiger partial charge on any atom is 0.321 e. The molecule has 6 nitrogen and oxygen atoms in total. The Hall–Kier alpha value is -2.08. The van der Waals surface area contributed by atoms with Gasteiger partial charge < -0.3 is 10.1 Å². The summed E-state index contributed by atoms with van der Waals surface area (Å²) < 4.78 is 5.58. The molecule has 1 aromatic carbocycles. The molecule has 0 saturated carbocycles. The van der Waals surface area contributed by atoms with Crippen molar-refractivity contribution in [1.82, 2.24) is 15.5 Å². The molecule has 0 saturated heterocycles. The maximum absolute atomic E-state index is 11.6. The number of likely N-dealkylation sites (N-methyl/N-ethyl adjacent to an activating group) is 1. The monoisotopic (exact) mass is 293 g/mol. The number of imide groups is 1. The summed E-state index contributed by atoms with van der Waals surface area (Å²) in [5.74, 6) is 0.472. The zero-order valence-electron chi connectivity index (χ0n) is 12.8. The normalized spacial score (nSPS) is 10.3. The van der Waals surface area contributed by atoms with Crippen molar-refractivity contribution in [2.75, 3.05) is 33.3 Å². The molecule has 0 atom stereocenters. The highest BCUT2D eigenvalue weighted by atomic mass is 16.5. The van der Waals surface area contributed by atoms with Gasteiger partial charge in [-0.3, -0.25) is 15.0 Å². The van der Waals surface area contributed by atoms with E-state index >= 15 is 0 Å². The summed E-state index contributed by atoms with van der Waals surface area (Å²) in [7, 11) is 1.80. The van der Waals surface area contributed by atoms with E-state index in [1.807, 2.05) is 31.2 Å². The quantitative estimate of drug-likeness (QED) is 0.791. The molecular formula is C15H23N3O3. The molecule has 0 aliphatic carbocycles. The van der Waals surface area contributed by atoms with Crippen LogP contribution in [0.25, 0.3) is 0 Å². The summed E-state index contributed by atoms with van der Waals surface area (Å²) in [5.41, 5.74) is 1.18. The van der Waals surface area contributed by atoms with Crippen LogP contribution in [0.1, 0.15) is 12.5 Å². The molecule has 0 bridgehead atoms. The Labute approximate surface area is 125 Å². The zero-order chi connectivity index (χ0) is 15.7. The van der Waals surface area contributed by atoms with Gasteiger partial charge in [0.15, 0.2) is 0 Å². The predicted molar refractivity (Wildman–Crippen MR) is 81.4 cm³/mol. The molecular weight excluding hydrogens is 270 g/mol. The van der Waals surface area contributed by atoms with E-state index in [0.717, 1.165) is 5.75 Å². The highest BCUT2D eigenvalue weighted by molar-refractivity contribution is 5.95. The van der Waals surface area contributed by atoms with E-state index in [4.69, 9.17) is 4.74 Å². The summed E-state index contributed by atoms with van der Waals surface area (Å²) >= 11 is 0. The third-order valence-electron chi connectivity index (χ3n) is 2.77. The Balaban J connectivity index is 2.21. The third-order valence-corrected chi connectivity index (χ3v) is 2.77. The lowest BCUT2D eigenvalue weighted by atomic mass is 10.2. The molecule has 3 amide bonds. The van der Waals surface area contributed by atoms with Gasteiger partial charge in [-0.15, -0.1) is 0 Å². The number of benzene rings is 1. The molecule has 1 aromatic rings. The van der Waals surface area contributed by atoms with Crippen LogP contribution in [0.15, 0.2) is 24.3 Å². The van der Waals surface area contributed by atoms with Crippen molar-refractivity contribution in [2.45, 2.75) is 13.8 Å². The average Bonchev–Trinajstić information content (AvgIpc) is 2.41. The van der Waals surface area contributed by atoms with Crippen LogP contribution in [0.2, 0.25) is 0 Å². The molecule has 0 aromatic heterocycles. The molecule has 1 rings (SSSR count). The van der Waals surface area contributed by atoms with Crippen molar-refractivity contribution >= 4 is 11.9 Å². The minimum absolute atomic E-state index is 0.147. The van der Waals surface area contributed by atoms with E-state index in [1.165, 1.54) is 5.56 Å². The Bertz CT molecular complexity index is 460. The molecule has 21 heavy (non-hydrogen) atoms. The van der Waals surface area contributed by atoms with Crippen molar-refractivity contribution in [3.8, 4) is 5.75 Å². The number of nitrogens with one attached hydrogen (secondary N) is 2. The second-order valence-corrected chi connectivity index (χ2v) is 4.81. The zero-order valence-corrected chi connectivity index (χ0v) is 12.8. The summed E-state index contributed by atoms with van der Waals surface area (Å²) in [6, 6.07) is 7.33. The van der Waals surface area contributed by atoms with E-state index in [1.54, 1.807) is 18.9 Å². The van der Waals surface area contributed by atoms with Gasteiger partial charge in [0.2, 0.25) is 5.91 Å². The number of nitrogens with zero attached hydrogens (tertiary/aromatic N) is 1. The van der Waals surface area contributed by atoms with Gasteiger partial charge in [-0.25, -0.2) is 4.79 Å². The summed E-state index contributed by atoms with van der Waals surface area (Å²) in [4.78, 5) is 24.5. The number of hydrogen-bond acceptors (Lipinski definition) is 4. The number of amides is 3. The first-order valence-corrected chi connectivity index (χ1v) is 6.97. The van der Waals surface area contributed by atoms with E-state index in [0.29, 0.717) is 19.7 Å². The average molecular weight is 293 g/mol. The largest absolute Gasteiger partial charge is 0.492 e. The topological polar surface area (TPSA) is 70.7 Å². The van der Waals surface area contributed by atoms with Gasteiger partial charge in [0.05, 0.1) is 6.54 Å². The molecule has 2 N–H and O–H groups in total. The first-order chi connectivity index (χ1) is 10.0. The van der Waals surface area contributed by atoms with E-state index in [-0.39, 0.29) is 12.5 Å². The van der Waals surface area contributed by atoms with Gasteiger partial charge in [-0.1, -0.05) is 17.7 Å². The molecule has 6 heteroatoms. The number of ether oxygens (including phenoxy) is 1. The van der Waals surface area contributed by atoms with Gasteiger partial charge in [0, 0.05) is 13.1 Å². The van der Waals surface area contributed by atoms with Gasteiger partial charge in [-0.2, -0.15) is 0 Å². The van der Waals surface area contributed by atoms with E-state index in [9.17, 15) is 9.59 Å². The van der Waals surface area contributed by atoms with Crippen LogP contribution in [0.3, 0.4) is 0 Å². The summed E-state index contributed by atoms with van der Waals surface area (Å²) in [5, 5.41) is 4.76. The first kappa shape index (κ1) is 17.0. The summed E-state index contributed by atoms with van der Waals surface area (Å²) in [6.45, 7) is 5.52. The second-order valence-electron chi connectivity index (χ2n) is 4.81. The van der Waals surface area contributed by atoms with Crippen molar-refractivity contribution < 1.29 is 14.3 Å². The van der Waals surface area contributed by atoms with E-state index < -0.39 is 6.03 Å². The number of carbonyl (C=O) groups excluding carboxylic acids is 2. The lowest BCUT2D eigenvalue weighted by molar-refractivity contribution is -0.120. The number of rotatable bonds is 7. The molecule has 0 fully saturated rings. The maximum atomic E-state index is 11.6. The molecule has 0 radical (unpaired) electrons. The second kappa shape index (κ2) is 8.97. The van der Waals surface area contributed by atoms with Crippen LogP contribution in [0, 0.1) is 6.92 Å². The van der Waals surface area contributed by atoms with Crippen LogP contribution < -0.4 is 15.4 Å². The minimum Gasteiger partial charge on any atom is -0.492 e. The molecule has 0 heterocycles. The van der Waals surface area contributed by atoms with Gasteiger partial charge in [0.1, 0.15) is 12.4 Å². The number of hydrogen-bond donors (Lipinski definition) is 2.